The fraction of sp³-hybridized carbons (Fsp3) is 0.444. The van der Waals surface area contributed by atoms with E-state index in [9.17, 15) is 0 Å². The van der Waals surface area contributed by atoms with Gasteiger partial charge in [0.15, 0.2) is 0 Å². The van der Waals surface area contributed by atoms with Crippen LogP contribution in [0.4, 0.5) is 0 Å². The smallest absolute Gasteiger partial charge is 0.0476 e. The van der Waals surface area contributed by atoms with Crippen molar-refractivity contribution in [1.29, 1.82) is 0 Å². The fourth-order valence-electron chi connectivity index (χ4n) is 3.01. The number of nitrogens with zero attached hydrogens (tertiary/aromatic N) is 1. The highest BCUT2D eigenvalue weighted by Gasteiger charge is 2.19. The lowest BCUT2D eigenvalue weighted by atomic mass is 9.97. The van der Waals surface area contributed by atoms with Crippen molar-refractivity contribution in [2.24, 2.45) is 5.73 Å². The van der Waals surface area contributed by atoms with Gasteiger partial charge in [0.2, 0.25) is 0 Å². The highest BCUT2D eigenvalue weighted by atomic mass is 15.2. The summed E-state index contributed by atoms with van der Waals surface area (Å²) in [5.74, 6) is 0. The molecule has 2 N–H and O–H groups in total. The molecule has 0 aliphatic rings. The first-order valence-electron chi connectivity index (χ1n) is 7.73. The molecule has 0 saturated heterocycles. The van der Waals surface area contributed by atoms with Crippen LogP contribution in [0.1, 0.15) is 38.3 Å². The molecule has 1 atom stereocenters. The van der Waals surface area contributed by atoms with Gasteiger partial charge in [0.05, 0.1) is 0 Å². The normalized spacial score (nSPS) is 13.0. The largest absolute Gasteiger partial charge is 0.329 e. The van der Waals surface area contributed by atoms with Crippen LogP contribution in [0.25, 0.3) is 10.8 Å². The second kappa shape index (κ2) is 7.41. The zero-order chi connectivity index (χ0) is 14.4. The number of hydrogen-bond donors (Lipinski definition) is 1. The van der Waals surface area contributed by atoms with Gasteiger partial charge in [-0.2, -0.15) is 0 Å². The van der Waals surface area contributed by atoms with Gasteiger partial charge in [-0.25, -0.2) is 0 Å². The second-order valence-electron chi connectivity index (χ2n) is 5.36. The predicted octanol–water partition coefficient (Wildman–Crippen LogP) is 3.96. The van der Waals surface area contributed by atoms with Crippen LogP contribution in [0.2, 0.25) is 0 Å². The summed E-state index contributed by atoms with van der Waals surface area (Å²) in [5.41, 5.74) is 7.48. The van der Waals surface area contributed by atoms with Crippen LogP contribution in [0.15, 0.2) is 42.5 Å². The molecule has 0 spiro atoms. The van der Waals surface area contributed by atoms with E-state index in [1.54, 1.807) is 0 Å². The molecule has 0 saturated carbocycles. The van der Waals surface area contributed by atoms with Gasteiger partial charge in [-0.15, -0.1) is 0 Å². The molecule has 2 aromatic carbocycles. The molecule has 0 aliphatic carbocycles. The standard InChI is InChI=1S/C18H26N2/c1-3-12-20(13-4-2)18(14-19)17-11-7-9-15-8-5-6-10-16(15)17/h5-11,18H,3-4,12-14,19H2,1-2H3. The molecule has 2 nitrogen and oxygen atoms in total. The van der Waals surface area contributed by atoms with Crippen molar-refractivity contribution in [3.63, 3.8) is 0 Å². The summed E-state index contributed by atoms with van der Waals surface area (Å²) >= 11 is 0. The summed E-state index contributed by atoms with van der Waals surface area (Å²) in [5, 5.41) is 2.64. The Morgan fingerprint density at radius 3 is 2.25 bits per heavy atom. The molecule has 2 aromatic rings. The van der Waals surface area contributed by atoms with Gasteiger partial charge in [-0.1, -0.05) is 56.3 Å². The lowest BCUT2D eigenvalue weighted by molar-refractivity contribution is 0.203. The average molecular weight is 270 g/mol. The summed E-state index contributed by atoms with van der Waals surface area (Å²) in [4.78, 5) is 2.53. The summed E-state index contributed by atoms with van der Waals surface area (Å²) in [6.45, 7) is 7.37. The molecule has 2 rings (SSSR count). The maximum Gasteiger partial charge on any atom is 0.0476 e. The Labute approximate surface area is 122 Å². The molecular formula is C18H26N2. The average Bonchev–Trinajstić information content (AvgIpc) is 2.49. The minimum Gasteiger partial charge on any atom is -0.329 e. The Morgan fingerprint density at radius 1 is 0.950 bits per heavy atom. The van der Waals surface area contributed by atoms with Gasteiger partial charge in [-0.05, 0) is 42.3 Å². The molecule has 0 aromatic heterocycles. The van der Waals surface area contributed by atoms with Crippen molar-refractivity contribution in [2.75, 3.05) is 19.6 Å². The van der Waals surface area contributed by atoms with Crippen LogP contribution in [0, 0.1) is 0 Å². The van der Waals surface area contributed by atoms with E-state index in [0.29, 0.717) is 12.6 Å². The van der Waals surface area contributed by atoms with E-state index in [0.717, 1.165) is 13.1 Å². The van der Waals surface area contributed by atoms with Gasteiger partial charge >= 0.3 is 0 Å². The summed E-state index contributed by atoms with van der Waals surface area (Å²) in [6, 6.07) is 15.5. The summed E-state index contributed by atoms with van der Waals surface area (Å²) in [6.07, 6.45) is 2.34. The zero-order valence-corrected chi connectivity index (χ0v) is 12.7. The van der Waals surface area contributed by atoms with E-state index in [-0.39, 0.29) is 0 Å². The highest BCUT2D eigenvalue weighted by Crippen LogP contribution is 2.28. The predicted molar refractivity (Wildman–Crippen MR) is 87.9 cm³/mol. The van der Waals surface area contributed by atoms with Crippen LogP contribution in [-0.2, 0) is 0 Å². The Hall–Kier alpha value is -1.38. The third kappa shape index (κ3) is 3.20. The van der Waals surface area contributed by atoms with Crippen LogP contribution in [0.3, 0.4) is 0 Å². The number of nitrogens with two attached hydrogens (primary N) is 1. The van der Waals surface area contributed by atoms with Crippen molar-refractivity contribution in [3.8, 4) is 0 Å². The van der Waals surface area contributed by atoms with Gasteiger partial charge in [0.25, 0.3) is 0 Å². The number of hydrogen-bond acceptors (Lipinski definition) is 2. The minimum atomic E-state index is 0.320. The monoisotopic (exact) mass is 270 g/mol. The zero-order valence-electron chi connectivity index (χ0n) is 12.7. The lowest BCUT2D eigenvalue weighted by Gasteiger charge is -2.31. The fourth-order valence-corrected chi connectivity index (χ4v) is 3.01. The number of fused-ring (bicyclic) bond motifs is 1. The van der Waals surface area contributed by atoms with E-state index in [4.69, 9.17) is 5.73 Å². The Kier molecular flexibility index (Phi) is 5.57. The molecule has 2 heteroatoms. The highest BCUT2D eigenvalue weighted by molar-refractivity contribution is 5.86. The SMILES string of the molecule is CCCN(CCC)C(CN)c1cccc2ccccc12. The van der Waals surface area contributed by atoms with Crippen molar-refractivity contribution >= 4 is 10.8 Å². The van der Waals surface area contributed by atoms with Crippen molar-refractivity contribution < 1.29 is 0 Å². The third-order valence-electron chi connectivity index (χ3n) is 3.87. The maximum absolute atomic E-state index is 6.12. The van der Waals surface area contributed by atoms with Gasteiger partial charge in [0.1, 0.15) is 0 Å². The molecule has 0 aliphatic heterocycles. The second-order valence-corrected chi connectivity index (χ2v) is 5.36. The molecule has 0 amide bonds. The quantitative estimate of drug-likeness (QED) is 0.825. The Balaban J connectivity index is 2.42. The summed E-state index contributed by atoms with van der Waals surface area (Å²) in [7, 11) is 0. The van der Waals surface area contributed by atoms with E-state index in [1.807, 2.05) is 0 Å². The van der Waals surface area contributed by atoms with Crippen LogP contribution >= 0.6 is 0 Å². The molecule has 0 heterocycles. The minimum absolute atomic E-state index is 0.320. The van der Waals surface area contributed by atoms with E-state index in [1.165, 1.54) is 29.2 Å². The molecule has 0 bridgehead atoms. The van der Waals surface area contributed by atoms with Crippen LogP contribution < -0.4 is 5.73 Å². The summed E-state index contributed by atoms with van der Waals surface area (Å²) < 4.78 is 0. The van der Waals surface area contributed by atoms with Gasteiger partial charge in [0, 0.05) is 12.6 Å². The van der Waals surface area contributed by atoms with Crippen molar-refractivity contribution in [2.45, 2.75) is 32.7 Å². The number of benzene rings is 2. The van der Waals surface area contributed by atoms with E-state index >= 15 is 0 Å². The van der Waals surface area contributed by atoms with Crippen molar-refractivity contribution in [3.05, 3.63) is 48.0 Å². The Morgan fingerprint density at radius 2 is 1.60 bits per heavy atom. The molecule has 1 unspecified atom stereocenters. The maximum atomic E-state index is 6.12. The first-order chi connectivity index (χ1) is 9.81. The molecule has 108 valence electrons. The first kappa shape index (κ1) is 15.0. The van der Waals surface area contributed by atoms with Gasteiger partial charge < -0.3 is 5.73 Å². The molecule has 0 fully saturated rings. The van der Waals surface area contributed by atoms with E-state index < -0.39 is 0 Å². The van der Waals surface area contributed by atoms with Crippen LogP contribution in [0.5, 0.6) is 0 Å². The number of rotatable bonds is 7. The lowest BCUT2D eigenvalue weighted by Crippen LogP contribution is -2.35. The van der Waals surface area contributed by atoms with E-state index in [2.05, 4.69) is 61.2 Å². The first-order valence-corrected chi connectivity index (χ1v) is 7.73. The van der Waals surface area contributed by atoms with Crippen molar-refractivity contribution in [1.82, 2.24) is 4.90 Å². The topological polar surface area (TPSA) is 29.3 Å². The molecular weight excluding hydrogens is 244 g/mol. The Bertz CT molecular complexity index is 524. The molecule has 0 radical (unpaired) electrons. The molecule has 20 heavy (non-hydrogen) atoms. The third-order valence-corrected chi connectivity index (χ3v) is 3.87. The van der Waals surface area contributed by atoms with Gasteiger partial charge in [-0.3, -0.25) is 4.90 Å². The van der Waals surface area contributed by atoms with Crippen LogP contribution in [-0.4, -0.2) is 24.5 Å².